The molecule has 0 saturated carbocycles. The molecule has 0 saturated heterocycles. The van der Waals surface area contributed by atoms with Crippen molar-refractivity contribution in [2.75, 3.05) is 0 Å². The van der Waals surface area contributed by atoms with Gasteiger partial charge in [-0.2, -0.15) is 6.42 Å². The number of carbonyl (C=O) groups is 1. The fourth-order valence-corrected chi connectivity index (χ4v) is 0.541. The second-order valence-electron chi connectivity index (χ2n) is 2.36. The molecule has 0 aromatic heterocycles. The molecule has 0 aliphatic carbocycles. The van der Waals surface area contributed by atoms with Gasteiger partial charge in [-0.15, -0.1) is 0 Å². The number of ketones is 1. The van der Waals surface area contributed by atoms with E-state index in [-0.39, 0.29) is 0 Å². The molecule has 0 aromatic rings. The van der Waals surface area contributed by atoms with Gasteiger partial charge >= 0.3 is 34.5 Å². The van der Waals surface area contributed by atoms with Crippen LogP contribution in [0.2, 0.25) is 0 Å². The quantitative estimate of drug-likeness (QED) is 0.441. The fourth-order valence-electron chi connectivity index (χ4n) is 0.541. The van der Waals surface area contributed by atoms with Crippen molar-refractivity contribution in [1.82, 2.24) is 0 Å². The number of Topliss-reactive ketones (excluding diaryl/α,β-unsaturated/α-hetero) is 1. The number of hydrogen-bond donors (Lipinski definition) is 0. The van der Waals surface area contributed by atoms with E-state index in [0.717, 1.165) is 6.42 Å². The summed E-state index contributed by atoms with van der Waals surface area (Å²) >= 11 is 3.62. The molecule has 0 N–H and O–H groups in total. The number of halogens is 1. The van der Waals surface area contributed by atoms with E-state index in [1.165, 1.54) is 14.8 Å². The van der Waals surface area contributed by atoms with Gasteiger partial charge in [0.25, 0.3) is 0 Å². The molecular formula is C9H11IOZn. The van der Waals surface area contributed by atoms with E-state index < -0.39 is 11.2 Å². The minimum absolute atomic E-state index is 0.395. The third kappa shape index (κ3) is 7.66. The van der Waals surface area contributed by atoms with Crippen LogP contribution in [-0.4, -0.2) is 5.78 Å². The standard InChI is InChI=1S/C9H11O.HI.Zn/c1-5-6-7-9(3,4)8(2)10;;/h2-4H,1,5-7H2;1H;/q-1;;+2/p-1. The molecule has 0 rings (SSSR count). The Morgan fingerprint density at radius 1 is 1.50 bits per heavy atom. The van der Waals surface area contributed by atoms with Crippen molar-refractivity contribution in [1.29, 1.82) is 0 Å². The molecule has 0 heterocycles. The van der Waals surface area contributed by atoms with Crippen molar-refractivity contribution in [2.45, 2.75) is 19.3 Å². The van der Waals surface area contributed by atoms with Crippen molar-refractivity contribution in [3.05, 3.63) is 27.7 Å². The van der Waals surface area contributed by atoms with Crippen LogP contribution in [0.25, 0.3) is 0 Å². The predicted molar refractivity (Wildman–Crippen MR) is 53.6 cm³/mol. The molecular weight excluding hydrogens is 316 g/mol. The Hall–Kier alpha value is 1.02. The maximum absolute atomic E-state index is 10.5. The van der Waals surface area contributed by atoms with E-state index in [1.807, 2.05) is 0 Å². The minimum atomic E-state index is -1.35. The maximum atomic E-state index is 10.5. The first-order valence-corrected chi connectivity index (χ1v) is 12.5. The van der Waals surface area contributed by atoms with Crippen molar-refractivity contribution >= 4 is 25.5 Å². The van der Waals surface area contributed by atoms with E-state index in [0.29, 0.717) is 12.8 Å². The van der Waals surface area contributed by atoms with E-state index >= 15 is 0 Å². The number of unbranched alkanes of at least 4 members (excludes halogenated alkanes) is 1. The molecule has 0 bridgehead atoms. The summed E-state index contributed by atoms with van der Waals surface area (Å²) in [7, 11) is 0. The summed E-state index contributed by atoms with van der Waals surface area (Å²) in [6.45, 7) is 19.1. The fraction of sp³-hybridized carbons (Fsp3) is 0.444. The van der Waals surface area contributed by atoms with Gasteiger partial charge in [-0.25, -0.2) is 0 Å². The average Bonchev–Trinajstić information content (AvgIpc) is 2.04. The molecule has 3 heteroatoms. The van der Waals surface area contributed by atoms with Gasteiger partial charge in [-0.1, -0.05) is 6.42 Å². The molecule has 62 valence electrons. The molecule has 0 fully saturated rings. The second kappa shape index (κ2) is 8.61. The summed E-state index contributed by atoms with van der Waals surface area (Å²) in [5, 5.41) is 0. The Kier molecular flexibility index (Phi) is 11.1. The molecule has 0 atom stereocenters. The monoisotopic (exact) mass is 326 g/mol. The Morgan fingerprint density at radius 3 is 2.17 bits per heavy atom. The predicted octanol–water partition coefficient (Wildman–Crippen LogP) is 2.56. The van der Waals surface area contributed by atoms with Crippen LogP contribution in [0.3, 0.4) is 0 Å². The van der Waals surface area contributed by atoms with E-state index in [4.69, 9.17) is 20.8 Å². The van der Waals surface area contributed by atoms with Gasteiger partial charge in [0.15, 0.2) is 0 Å². The van der Waals surface area contributed by atoms with Gasteiger partial charge in [0, 0.05) is 12.3 Å². The van der Waals surface area contributed by atoms with Crippen LogP contribution >= 0.6 is 19.8 Å². The Balaban J connectivity index is 0. The third-order valence-electron chi connectivity index (χ3n) is 1.30. The number of hydrogen-bond acceptors (Lipinski definition) is 1. The summed E-state index contributed by atoms with van der Waals surface area (Å²) < 4.78 is 0. The molecule has 0 unspecified atom stereocenters. The van der Waals surface area contributed by atoms with E-state index in [2.05, 4.69) is 26.7 Å². The van der Waals surface area contributed by atoms with Gasteiger partial charge in [-0.05, 0) is 20.3 Å². The van der Waals surface area contributed by atoms with Crippen LogP contribution in [0, 0.1) is 33.1 Å². The zero-order valence-corrected chi connectivity index (χ0v) is 12.2. The second-order valence-corrected chi connectivity index (χ2v) is 2.36. The van der Waals surface area contributed by atoms with Crippen molar-refractivity contribution < 1.29 is 19.6 Å². The first-order chi connectivity index (χ1) is 5.50. The normalized spacial score (nSPS) is 10.2. The molecule has 1 nitrogen and oxygen atoms in total. The Morgan fingerprint density at radius 2 is 1.92 bits per heavy atom. The van der Waals surface area contributed by atoms with Crippen LogP contribution in [0.4, 0.5) is 0 Å². The Labute approximate surface area is 96.9 Å². The van der Waals surface area contributed by atoms with Gasteiger partial charge in [0.1, 0.15) is 5.78 Å². The number of carbonyl (C=O) groups excluding carboxylic acids is 1. The van der Waals surface area contributed by atoms with E-state index in [9.17, 15) is 4.79 Å². The first kappa shape index (κ1) is 15.5. The van der Waals surface area contributed by atoms with Crippen LogP contribution in [0.15, 0.2) is 0 Å². The van der Waals surface area contributed by atoms with Crippen LogP contribution in [0.1, 0.15) is 19.3 Å². The number of rotatable bonds is 4. The van der Waals surface area contributed by atoms with Crippen LogP contribution < -0.4 is 0 Å². The zero-order valence-electron chi connectivity index (χ0n) is 7.05. The zero-order chi connectivity index (χ0) is 10.2. The molecule has 12 heavy (non-hydrogen) atoms. The Bertz CT molecular complexity index is 124. The summed E-state index contributed by atoms with van der Waals surface area (Å²) in [6, 6.07) is 0. The topological polar surface area (TPSA) is 17.1 Å². The van der Waals surface area contributed by atoms with Gasteiger partial charge in [-0.3, -0.25) is 4.79 Å². The first-order valence-electron chi connectivity index (χ1n) is 3.44. The molecule has 0 amide bonds. The molecule has 0 aromatic carbocycles. The average molecular weight is 327 g/mol. The van der Waals surface area contributed by atoms with Gasteiger partial charge in [0.05, 0.1) is 0 Å². The van der Waals surface area contributed by atoms with Crippen molar-refractivity contribution in [3.8, 4) is 0 Å². The molecule has 0 spiro atoms. The molecule has 6 radical (unpaired) electrons. The molecule has 0 aliphatic rings. The van der Waals surface area contributed by atoms with Gasteiger partial charge < -0.3 is 6.92 Å². The van der Waals surface area contributed by atoms with E-state index in [1.54, 1.807) is 0 Å². The summed E-state index contributed by atoms with van der Waals surface area (Å²) in [4.78, 5) is 10.5. The summed E-state index contributed by atoms with van der Waals surface area (Å²) in [6.07, 6.45) is 1.82. The third-order valence-corrected chi connectivity index (χ3v) is 1.30. The van der Waals surface area contributed by atoms with Crippen LogP contribution in [0.5, 0.6) is 0 Å². The SMILES string of the molecule is [CH]C(=O)C([CH])([CH])CCC[CH2-].[Zn+][I]. The summed E-state index contributed by atoms with van der Waals surface area (Å²) in [5.74, 6) is -0.666. The van der Waals surface area contributed by atoms with Gasteiger partial charge in [0.2, 0.25) is 0 Å². The molecule has 0 aliphatic heterocycles. The summed E-state index contributed by atoms with van der Waals surface area (Å²) in [5.41, 5.74) is -1.35. The van der Waals surface area contributed by atoms with Crippen molar-refractivity contribution in [2.24, 2.45) is 5.41 Å². The van der Waals surface area contributed by atoms with Crippen molar-refractivity contribution in [3.63, 3.8) is 0 Å². The van der Waals surface area contributed by atoms with Crippen LogP contribution in [-0.2, 0) is 19.6 Å².